The Labute approximate surface area is 226 Å². The van der Waals surface area contributed by atoms with Crippen LogP contribution in [-0.4, -0.2) is 21.1 Å². The molecule has 7 aromatic rings. The summed E-state index contributed by atoms with van der Waals surface area (Å²) in [7, 11) is 0. The van der Waals surface area contributed by atoms with Crippen LogP contribution < -0.4 is 0 Å². The van der Waals surface area contributed by atoms with Gasteiger partial charge in [0.15, 0.2) is 11.6 Å². The van der Waals surface area contributed by atoms with Crippen LogP contribution in [0.5, 0.6) is 0 Å². The minimum atomic E-state index is -0.286. The van der Waals surface area contributed by atoms with Crippen LogP contribution in [0.1, 0.15) is 26.5 Å². The molecule has 184 valence electrons. The van der Waals surface area contributed by atoms with Crippen molar-refractivity contribution in [1.29, 1.82) is 0 Å². The van der Waals surface area contributed by atoms with Crippen molar-refractivity contribution < 1.29 is 14.0 Å². The van der Waals surface area contributed by atoms with Crippen LogP contribution in [-0.2, 0) is 0 Å². The summed E-state index contributed by atoms with van der Waals surface area (Å²) in [6.45, 7) is 0. The summed E-state index contributed by atoms with van der Waals surface area (Å²) >= 11 is 1.66. The molecule has 0 fully saturated rings. The third-order valence-electron chi connectivity index (χ3n) is 7.20. The topological polar surface area (TPSA) is 65.1 Å². The van der Waals surface area contributed by atoms with E-state index < -0.39 is 0 Å². The van der Waals surface area contributed by atoms with Gasteiger partial charge in [-0.1, -0.05) is 60.7 Å². The predicted molar refractivity (Wildman–Crippen MR) is 155 cm³/mol. The maximum Gasteiger partial charge on any atom is 0.246 e. The molecule has 1 aliphatic rings. The number of ketones is 2. The minimum Gasteiger partial charge on any atom is -0.435 e. The first-order valence-electron chi connectivity index (χ1n) is 12.5. The van der Waals surface area contributed by atoms with E-state index >= 15 is 0 Å². The third-order valence-corrected chi connectivity index (χ3v) is 8.33. The van der Waals surface area contributed by atoms with Gasteiger partial charge in [-0.3, -0.25) is 14.2 Å². The molecule has 3 aromatic heterocycles. The Bertz CT molecular complexity index is 2070. The smallest absolute Gasteiger partial charge is 0.246 e. The quantitative estimate of drug-likeness (QED) is 0.174. The Hall–Kier alpha value is -5.07. The van der Waals surface area contributed by atoms with Gasteiger partial charge in [-0.2, -0.15) is 4.98 Å². The first-order chi connectivity index (χ1) is 19.1. The number of nitrogens with zero attached hydrogens (tertiary/aromatic N) is 2. The van der Waals surface area contributed by atoms with Gasteiger partial charge in [0.1, 0.15) is 17.1 Å². The minimum absolute atomic E-state index is 0.106. The van der Waals surface area contributed by atoms with E-state index in [1.807, 2.05) is 77.4 Å². The molecular formula is C33H18N2O3S. The van der Waals surface area contributed by atoms with Gasteiger partial charge in [0.2, 0.25) is 5.71 Å². The number of rotatable bonds is 3. The average Bonchev–Trinajstić information content (AvgIpc) is 3.71. The van der Waals surface area contributed by atoms with Crippen LogP contribution in [0.15, 0.2) is 113 Å². The normalized spacial score (nSPS) is 13.2. The fraction of sp³-hybridized carbons (Fsp3) is 0. The molecule has 0 saturated heterocycles. The van der Waals surface area contributed by atoms with Gasteiger partial charge in [-0.15, -0.1) is 11.3 Å². The SMILES string of the molecule is O=C1C(=Cc2nc3oc(-c4cc5ccccc5s4)cc3n2-c2ccccc2)C(=O)c2cc3ccccc3cc21. The first kappa shape index (κ1) is 22.0. The Morgan fingerprint density at radius 2 is 1.36 bits per heavy atom. The van der Waals surface area contributed by atoms with E-state index in [-0.39, 0.29) is 17.1 Å². The van der Waals surface area contributed by atoms with E-state index in [1.165, 1.54) is 4.70 Å². The number of imidazole rings is 1. The number of aromatic nitrogens is 2. The zero-order chi connectivity index (χ0) is 26.1. The van der Waals surface area contributed by atoms with Crippen molar-refractivity contribution in [3.05, 3.63) is 126 Å². The molecule has 0 N–H and O–H groups in total. The van der Waals surface area contributed by atoms with Crippen molar-refractivity contribution in [2.75, 3.05) is 0 Å². The molecule has 0 atom stereocenters. The highest BCUT2D eigenvalue weighted by atomic mass is 32.1. The lowest BCUT2D eigenvalue weighted by Crippen LogP contribution is -2.03. The summed E-state index contributed by atoms with van der Waals surface area (Å²) in [5, 5.41) is 3.01. The number of carbonyl (C=O) groups excluding carboxylic acids is 2. The van der Waals surface area contributed by atoms with Gasteiger partial charge < -0.3 is 4.42 Å². The molecule has 5 nitrogen and oxygen atoms in total. The van der Waals surface area contributed by atoms with Crippen molar-refractivity contribution in [2.24, 2.45) is 0 Å². The third kappa shape index (κ3) is 3.35. The number of Topliss-reactive ketones (excluding diaryl/α,β-unsaturated/α-hetero) is 2. The molecule has 0 saturated carbocycles. The summed E-state index contributed by atoms with van der Waals surface area (Å²) in [6.07, 6.45) is 1.59. The lowest BCUT2D eigenvalue weighted by atomic mass is 10.0. The molecule has 0 spiro atoms. The largest absolute Gasteiger partial charge is 0.435 e. The Morgan fingerprint density at radius 3 is 2.05 bits per heavy atom. The number of furan rings is 1. The van der Waals surface area contributed by atoms with Crippen LogP contribution >= 0.6 is 11.3 Å². The first-order valence-corrected chi connectivity index (χ1v) is 13.4. The van der Waals surface area contributed by atoms with Gasteiger partial charge in [0.05, 0.1) is 10.5 Å². The van der Waals surface area contributed by atoms with Crippen LogP contribution in [0, 0.1) is 0 Å². The van der Waals surface area contributed by atoms with Crippen LogP contribution in [0.4, 0.5) is 0 Å². The summed E-state index contributed by atoms with van der Waals surface area (Å²) < 4.78 is 9.36. The maximum atomic E-state index is 13.4. The molecule has 0 bridgehead atoms. The number of hydrogen-bond acceptors (Lipinski definition) is 5. The van der Waals surface area contributed by atoms with Gasteiger partial charge in [-0.25, -0.2) is 0 Å². The average molecular weight is 523 g/mol. The van der Waals surface area contributed by atoms with E-state index in [2.05, 4.69) is 18.2 Å². The van der Waals surface area contributed by atoms with Gasteiger partial charge in [0.25, 0.3) is 0 Å². The van der Waals surface area contributed by atoms with Crippen molar-refractivity contribution in [1.82, 2.24) is 9.55 Å². The number of carbonyl (C=O) groups is 2. The monoisotopic (exact) mass is 522 g/mol. The van der Waals surface area contributed by atoms with Crippen molar-refractivity contribution >= 4 is 61.1 Å². The van der Waals surface area contributed by atoms with E-state index in [1.54, 1.807) is 29.5 Å². The van der Waals surface area contributed by atoms with Crippen LogP contribution in [0.25, 0.3) is 54.5 Å². The Balaban J connectivity index is 1.29. The summed E-state index contributed by atoms with van der Waals surface area (Å²) in [5.74, 6) is 0.619. The van der Waals surface area contributed by atoms with Gasteiger partial charge in [-0.05, 0) is 58.6 Å². The number of para-hydroxylation sites is 1. The molecule has 0 unspecified atom stereocenters. The molecule has 4 aromatic carbocycles. The lowest BCUT2D eigenvalue weighted by molar-refractivity contribution is 0.0990. The van der Waals surface area contributed by atoms with E-state index in [4.69, 9.17) is 9.40 Å². The Morgan fingerprint density at radius 1 is 0.718 bits per heavy atom. The van der Waals surface area contributed by atoms with Crippen LogP contribution in [0.2, 0.25) is 0 Å². The van der Waals surface area contributed by atoms with Gasteiger partial charge >= 0.3 is 0 Å². The molecule has 0 amide bonds. The zero-order valence-electron chi connectivity index (χ0n) is 20.4. The molecule has 0 aliphatic heterocycles. The molecule has 0 radical (unpaired) electrons. The highest BCUT2D eigenvalue weighted by molar-refractivity contribution is 7.22. The second kappa shape index (κ2) is 8.21. The van der Waals surface area contributed by atoms with Crippen molar-refractivity contribution in [3.8, 4) is 16.3 Å². The molecule has 1 aliphatic carbocycles. The zero-order valence-corrected chi connectivity index (χ0v) is 21.2. The lowest BCUT2D eigenvalue weighted by Gasteiger charge is -2.06. The molecular weight excluding hydrogens is 504 g/mol. The van der Waals surface area contributed by atoms with Crippen LogP contribution in [0.3, 0.4) is 0 Å². The number of thiophene rings is 1. The molecule has 6 heteroatoms. The number of benzene rings is 4. The molecule has 3 heterocycles. The predicted octanol–water partition coefficient (Wildman–Crippen LogP) is 8.12. The van der Waals surface area contributed by atoms with Crippen molar-refractivity contribution in [2.45, 2.75) is 0 Å². The summed E-state index contributed by atoms with van der Waals surface area (Å²) in [5.41, 5.74) is 3.03. The van der Waals surface area contributed by atoms with E-state index in [0.717, 1.165) is 38.0 Å². The van der Waals surface area contributed by atoms with Crippen molar-refractivity contribution in [3.63, 3.8) is 0 Å². The molecule has 39 heavy (non-hydrogen) atoms. The number of hydrogen-bond donors (Lipinski definition) is 0. The second-order valence-corrected chi connectivity index (χ2v) is 10.6. The number of allylic oxidation sites excluding steroid dienone is 1. The second-order valence-electron chi connectivity index (χ2n) is 9.55. The Kier molecular flexibility index (Phi) is 4.63. The number of fused-ring (bicyclic) bond motifs is 4. The summed E-state index contributed by atoms with van der Waals surface area (Å²) in [4.78, 5) is 32.6. The highest BCUT2D eigenvalue weighted by Crippen LogP contribution is 2.38. The van der Waals surface area contributed by atoms with E-state index in [9.17, 15) is 9.59 Å². The van der Waals surface area contributed by atoms with Gasteiger partial charge in [0, 0.05) is 27.6 Å². The summed E-state index contributed by atoms with van der Waals surface area (Å²) in [6, 6.07) is 33.4. The molecule has 8 rings (SSSR count). The highest BCUT2D eigenvalue weighted by Gasteiger charge is 2.34. The fourth-order valence-corrected chi connectivity index (χ4v) is 6.34. The fourth-order valence-electron chi connectivity index (χ4n) is 5.33. The maximum absolute atomic E-state index is 13.4. The van der Waals surface area contributed by atoms with E-state index in [0.29, 0.717) is 22.7 Å². The standard InChI is InChI=1S/C33H18N2O3S/c36-31-23-14-19-8-4-5-9-20(19)15-24(23)32(37)25(31)17-30-34-33-26(35(30)22-11-2-1-3-12-22)18-27(38-33)29-16-21-10-6-7-13-28(21)39-29/h1-18H.